The molecule has 0 bridgehead atoms. The summed E-state index contributed by atoms with van der Waals surface area (Å²) in [5.74, 6) is 0.423. The van der Waals surface area contributed by atoms with Crippen LogP contribution < -0.4 is 0 Å². The van der Waals surface area contributed by atoms with E-state index >= 15 is 0 Å². The minimum atomic E-state index is -0.266. The van der Waals surface area contributed by atoms with E-state index in [4.69, 9.17) is 0 Å². The lowest BCUT2D eigenvalue weighted by atomic mass is 9.77. The van der Waals surface area contributed by atoms with E-state index in [9.17, 15) is 14.7 Å². The first kappa shape index (κ1) is 19.4. The Hall–Kier alpha value is -1.89. The summed E-state index contributed by atoms with van der Waals surface area (Å²) in [6.07, 6.45) is 5.83. The normalized spacial score (nSPS) is 22.7. The van der Waals surface area contributed by atoms with Gasteiger partial charge < -0.3 is 14.9 Å². The molecule has 2 aliphatic heterocycles. The fourth-order valence-electron chi connectivity index (χ4n) is 5.11. The molecule has 7 heteroatoms. The quantitative estimate of drug-likeness (QED) is 0.824. The largest absolute Gasteiger partial charge is 0.396 e. The standard InChI is InChI=1S/C21H32N4O3/c1-16-13-17(23(2)22-16)14-18(27)24-9-5-20(6-10-24)7-11-25(15-20)19(28)21(3-4-21)8-12-26/h13,26H,3-12,14-15H2,1-2H3. The average molecular weight is 389 g/mol. The van der Waals surface area contributed by atoms with Crippen molar-refractivity contribution in [2.75, 3.05) is 32.8 Å². The van der Waals surface area contributed by atoms with Crippen molar-refractivity contribution in [3.8, 4) is 0 Å². The van der Waals surface area contributed by atoms with E-state index in [-0.39, 0.29) is 29.3 Å². The number of piperidine rings is 1. The number of nitrogens with zero attached hydrogens (tertiary/aromatic N) is 4. The van der Waals surface area contributed by atoms with Gasteiger partial charge in [0.15, 0.2) is 0 Å². The Morgan fingerprint density at radius 1 is 1.11 bits per heavy atom. The molecular formula is C21H32N4O3. The van der Waals surface area contributed by atoms with Crippen molar-refractivity contribution < 1.29 is 14.7 Å². The Kier molecular flexibility index (Phi) is 4.98. The number of amides is 2. The van der Waals surface area contributed by atoms with Crippen LogP contribution in [0, 0.1) is 17.8 Å². The number of carbonyl (C=O) groups excluding carboxylic acids is 2. The highest BCUT2D eigenvalue weighted by atomic mass is 16.3. The van der Waals surface area contributed by atoms with Crippen molar-refractivity contribution in [1.82, 2.24) is 19.6 Å². The molecule has 28 heavy (non-hydrogen) atoms. The van der Waals surface area contributed by atoms with Crippen LogP contribution in [-0.2, 0) is 23.1 Å². The van der Waals surface area contributed by atoms with Gasteiger partial charge in [0.2, 0.25) is 11.8 Å². The second kappa shape index (κ2) is 7.17. The molecule has 1 saturated carbocycles. The summed E-state index contributed by atoms with van der Waals surface area (Å²) in [5, 5.41) is 13.6. The van der Waals surface area contributed by atoms with Crippen molar-refractivity contribution >= 4 is 11.8 Å². The third-order valence-corrected chi connectivity index (χ3v) is 7.23. The summed E-state index contributed by atoms with van der Waals surface area (Å²) in [6, 6.07) is 1.98. The summed E-state index contributed by atoms with van der Waals surface area (Å²) >= 11 is 0. The van der Waals surface area contributed by atoms with Gasteiger partial charge in [0.1, 0.15) is 0 Å². The maximum Gasteiger partial charge on any atom is 0.228 e. The number of aromatic nitrogens is 2. The topological polar surface area (TPSA) is 78.7 Å². The molecule has 154 valence electrons. The monoisotopic (exact) mass is 388 g/mol. The summed E-state index contributed by atoms with van der Waals surface area (Å²) in [5.41, 5.74) is 1.80. The molecule has 1 aliphatic carbocycles. The van der Waals surface area contributed by atoms with Gasteiger partial charge >= 0.3 is 0 Å². The predicted octanol–water partition coefficient (Wildman–Crippen LogP) is 1.27. The smallest absolute Gasteiger partial charge is 0.228 e. The predicted molar refractivity (Wildman–Crippen MR) is 104 cm³/mol. The van der Waals surface area contributed by atoms with Gasteiger partial charge in [-0.3, -0.25) is 14.3 Å². The summed E-state index contributed by atoms with van der Waals surface area (Å²) < 4.78 is 1.79. The van der Waals surface area contributed by atoms with Gasteiger partial charge in [0.05, 0.1) is 17.5 Å². The Morgan fingerprint density at radius 2 is 1.75 bits per heavy atom. The fourth-order valence-corrected chi connectivity index (χ4v) is 5.11. The number of rotatable bonds is 5. The first-order chi connectivity index (χ1) is 13.4. The number of likely N-dealkylation sites (tertiary alicyclic amines) is 2. The second-order valence-corrected chi connectivity index (χ2v) is 9.19. The fraction of sp³-hybridized carbons (Fsp3) is 0.762. The van der Waals surface area contributed by atoms with Gasteiger partial charge in [-0.15, -0.1) is 0 Å². The highest BCUT2D eigenvalue weighted by Crippen LogP contribution is 2.52. The SMILES string of the molecule is Cc1cc(CC(=O)N2CCC3(CC2)CCN(C(=O)C2(CCO)CC2)C3)n(C)n1. The number of carbonyl (C=O) groups is 2. The van der Waals surface area contributed by atoms with Crippen molar-refractivity contribution in [2.24, 2.45) is 17.9 Å². The van der Waals surface area contributed by atoms with Crippen LogP contribution >= 0.6 is 0 Å². The van der Waals surface area contributed by atoms with Crippen LogP contribution in [0.4, 0.5) is 0 Å². The van der Waals surface area contributed by atoms with E-state index in [1.165, 1.54) is 0 Å². The number of aliphatic hydroxyl groups is 1. The molecule has 7 nitrogen and oxygen atoms in total. The van der Waals surface area contributed by atoms with Crippen LogP contribution in [0.1, 0.15) is 49.9 Å². The molecule has 3 fully saturated rings. The molecular weight excluding hydrogens is 356 g/mol. The minimum Gasteiger partial charge on any atom is -0.396 e. The van der Waals surface area contributed by atoms with Gasteiger partial charge in [-0.25, -0.2) is 0 Å². The van der Waals surface area contributed by atoms with Crippen LogP contribution in [0.2, 0.25) is 0 Å². The maximum atomic E-state index is 12.9. The highest BCUT2D eigenvalue weighted by Gasteiger charge is 2.53. The molecule has 0 unspecified atom stereocenters. The van der Waals surface area contributed by atoms with E-state index in [0.29, 0.717) is 12.8 Å². The van der Waals surface area contributed by atoms with Crippen LogP contribution in [0.15, 0.2) is 6.07 Å². The Bertz CT molecular complexity index is 760. The number of aliphatic hydroxyl groups excluding tert-OH is 1. The van der Waals surface area contributed by atoms with Gasteiger partial charge in [0.25, 0.3) is 0 Å². The average Bonchev–Trinajstić information content (AvgIpc) is 3.23. The van der Waals surface area contributed by atoms with E-state index in [1.807, 2.05) is 29.8 Å². The molecule has 4 rings (SSSR count). The number of hydrogen-bond donors (Lipinski definition) is 1. The van der Waals surface area contributed by atoms with Crippen molar-refractivity contribution in [2.45, 2.75) is 51.9 Å². The first-order valence-electron chi connectivity index (χ1n) is 10.5. The zero-order valence-corrected chi connectivity index (χ0v) is 17.1. The van der Waals surface area contributed by atoms with Gasteiger partial charge in [-0.1, -0.05) is 0 Å². The van der Waals surface area contributed by atoms with E-state index in [1.54, 1.807) is 4.68 Å². The molecule has 0 aromatic carbocycles. The summed E-state index contributed by atoms with van der Waals surface area (Å²) in [6.45, 7) is 5.24. The lowest BCUT2D eigenvalue weighted by Gasteiger charge is -2.39. The van der Waals surface area contributed by atoms with Crippen LogP contribution in [0.3, 0.4) is 0 Å². The molecule has 1 aromatic heterocycles. The lowest BCUT2D eigenvalue weighted by Crippen LogP contribution is -2.45. The van der Waals surface area contributed by atoms with Gasteiger partial charge in [-0.2, -0.15) is 5.10 Å². The molecule has 3 aliphatic rings. The van der Waals surface area contributed by atoms with E-state index in [0.717, 1.165) is 69.7 Å². The third-order valence-electron chi connectivity index (χ3n) is 7.23. The molecule has 0 radical (unpaired) electrons. The molecule has 3 heterocycles. The minimum absolute atomic E-state index is 0.0952. The van der Waals surface area contributed by atoms with Crippen molar-refractivity contribution in [1.29, 1.82) is 0 Å². The van der Waals surface area contributed by atoms with Crippen molar-refractivity contribution in [3.63, 3.8) is 0 Å². The molecule has 1 aromatic rings. The number of aryl methyl sites for hydroxylation is 2. The second-order valence-electron chi connectivity index (χ2n) is 9.19. The number of hydrogen-bond acceptors (Lipinski definition) is 4. The van der Waals surface area contributed by atoms with Crippen molar-refractivity contribution in [3.05, 3.63) is 17.5 Å². The molecule has 0 atom stereocenters. The highest BCUT2D eigenvalue weighted by molar-refractivity contribution is 5.85. The van der Waals surface area contributed by atoms with Gasteiger partial charge in [0, 0.05) is 45.5 Å². The molecule has 2 amide bonds. The van der Waals surface area contributed by atoms with E-state index < -0.39 is 0 Å². The summed E-state index contributed by atoms with van der Waals surface area (Å²) in [4.78, 5) is 29.6. The molecule has 1 spiro atoms. The van der Waals surface area contributed by atoms with Crippen LogP contribution in [0.5, 0.6) is 0 Å². The van der Waals surface area contributed by atoms with E-state index in [2.05, 4.69) is 5.10 Å². The molecule has 2 saturated heterocycles. The van der Waals surface area contributed by atoms with Gasteiger partial charge in [-0.05, 0) is 56.9 Å². The van der Waals surface area contributed by atoms with Crippen LogP contribution in [-0.4, -0.2) is 69.3 Å². The zero-order valence-electron chi connectivity index (χ0n) is 17.1. The maximum absolute atomic E-state index is 12.9. The third kappa shape index (κ3) is 3.56. The zero-order chi connectivity index (χ0) is 19.9. The Morgan fingerprint density at radius 3 is 2.29 bits per heavy atom. The Balaban J connectivity index is 1.31. The molecule has 1 N–H and O–H groups in total. The Labute approximate surface area is 166 Å². The summed E-state index contributed by atoms with van der Waals surface area (Å²) in [7, 11) is 1.88. The van der Waals surface area contributed by atoms with Crippen LogP contribution in [0.25, 0.3) is 0 Å². The lowest BCUT2D eigenvalue weighted by molar-refractivity contribution is -0.138. The first-order valence-corrected chi connectivity index (χ1v) is 10.5.